The molecule has 0 radical (unpaired) electrons. The van der Waals surface area contributed by atoms with Gasteiger partial charge in [-0.2, -0.15) is 0 Å². The fourth-order valence-corrected chi connectivity index (χ4v) is 7.98. The minimum absolute atomic E-state index is 0.272. The van der Waals surface area contributed by atoms with Crippen LogP contribution in [0.5, 0.6) is 0 Å². The van der Waals surface area contributed by atoms with Gasteiger partial charge in [-0.1, -0.05) is 43.7 Å². The Balaban J connectivity index is 1.34. The van der Waals surface area contributed by atoms with E-state index in [1.165, 1.54) is 56.2 Å². The van der Waals surface area contributed by atoms with Gasteiger partial charge in [0.2, 0.25) is 0 Å². The molecule has 2 fully saturated rings. The quantitative estimate of drug-likeness (QED) is 0.622. The van der Waals surface area contributed by atoms with E-state index < -0.39 is 0 Å². The van der Waals surface area contributed by atoms with Crippen LogP contribution >= 0.6 is 0 Å². The maximum absolute atomic E-state index is 4.70. The molecule has 1 heterocycles. The summed E-state index contributed by atoms with van der Waals surface area (Å²) < 4.78 is 2.40. The van der Waals surface area contributed by atoms with E-state index >= 15 is 0 Å². The van der Waals surface area contributed by atoms with Gasteiger partial charge in [0.05, 0.1) is 11.0 Å². The van der Waals surface area contributed by atoms with Crippen molar-refractivity contribution in [2.75, 3.05) is 7.05 Å². The van der Waals surface area contributed by atoms with Gasteiger partial charge in [0.15, 0.2) is 0 Å². The zero-order valence-corrected chi connectivity index (χ0v) is 18.7. The topological polar surface area (TPSA) is 29.9 Å². The molecule has 1 aromatic carbocycles. The molecule has 4 aliphatic carbocycles. The number of hydrogen-bond acceptors (Lipinski definition) is 2. The lowest BCUT2D eigenvalue weighted by molar-refractivity contribution is -0.0135. The molecular weight excluding hydrogens is 366 g/mol. The second-order valence-corrected chi connectivity index (χ2v) is 10.9. The van der Waals surface area contributed by atoms with E-state index in [-0.39, 0.29) is 5.41 Å². The SMILES string of the molecule is CNC1CCC2(C)C(=CCC3C2CCC2(C)C(n4cnc5ccccc54)=CCC32)C1. The van der Waals surface area contributed by atoms with Crippen molar-refractivity contribution in [1.29, 1.82) is 0 Å². The van der Waals surface area contributed by atoms with E-state index in [9.17, 15) is 0 Å². The van der Waals surface area contributed by atoms with Crippen molar-refractivity contribution in [2.24, 2.45) is 28.6 Å². The summed E-state index contributed by atoms with van der Waals surface area (Å²) in [6.07, 6.45) is 16.5. The monoisotopic (exact) mass is 401 g/mol. The van der Waals surface area contributed by atoms with E-state index in [1.54, 1.807) is 5.57 Å². The Kier molecular flexibility index (Phi) is 4.13. The molecule has 0 amide bonds. The Labute approximate surface area is 180 Å². The number of imidazole rings is 1. The Hall–Kier alpha value is -1.87. The Morgan fingerprint density at radius 2 is 1.83 bits per heavy atom. The minimum Gasteiger partial charge on any atom is -0.317 e. The summed E-state index contributed by atoms with van der Waals surface area (Å²) in [6.45, 7) is 5.16. The normalized spacial score (nSPS) is 40.4. The molecule has 158 valence electrons. The van der Waals surface area contributed by atoms with Crippen molar-refractivity contribution in [3.63, 3.8) is 0 Å². The Morgan fingerprint density at radius 1 is 1.00 bits per heavy atom. The first-order valence-electron chi connectivity index (χ1n) is 12.0. The fourth-order valence-electron chi connectivity index (χ4n) is 7.98. The fraction of sp³-hybridized carbons (Fsp3) is 0.593. The van der Waals surface area contributed by atoms with Crippen molar-refractivity contribution in [3.8, 4) is 0 Å². The maximum atomic E-state index is 4.70. The van der Waals surface area contributed by atoms with Gasteiger partial charge in [-0.15, -0.1) is 0 Å². The smallest absolute Gasteiger partial charge is 0.100 e. The van der Waals surface area contributed by atoms with Crippen LogP contribution in [0, 0.1) is 28.6 Å². The standard InChI is InChI=1S/C27H35N3/c1-26-14-12-19(28-3)16-18(26)8-9-20-21-10-11-25(27(21,2)15-13-22(20)26)30-17-29-23-6-4-5-7-24(23)30/h4-8,11,17,19-22,28H,9-10,12-16H2,1-3H3. The molecule has 3 nitrogen and oxygen atoms in total. The molecule has 6 rings (SSSR count). The van der Waals surface area contributed by atoms with Crippen LogP contribution in [0.1, 0.15) is 58.8 Å². The molecule has 2 aromatic rings. The first kappa shape index (κ1) is 18.9. The van der Waals surface area contributed by atoms with Gasteiger partial charge < -0.3 is 9.88 Å². The largest absolute Gasteiger partial charge is 0.317 e. The van der Waals surface area contributed by atoms with Gasteiger partial charge in [-0.05, 0) is 87.3 Å². The van der Waals surface area contributed by atoms with Crippen molar-refractivity contribution in [3.05, 3.63) is 48.3 Å². The zero-order valence-electron chi connectivity index (χ0n) is 18.7. The number of rotatable bonds is 2. The molecule has 2 saturated carbocycles. The molecule has 6 atom stereocenters. The summed E-state index contributed by atoms with van der Waals surface area (Å²) in [4.78, 5) is 4.70. The number of fused-ring (bicyclic) bond motifs is 6. The van der Waals surface area contributed by atoms with Gasteiger partial charge in [0.25, 0.3) is 0 Å². The second kappa shape index (κ2) is 6.56. The molecule has 1 N–H and O–H groups in total. The van der Waals surface area contributed by atoms with Crippen LogP contribution in [-0.2, 0) is 0 Å². The number of aromatic nitrogens is 2. The third-order valence-corrected chi connectivity index (χ3v) is 9.77. The predicted octanol–water partition coefficient (Wildman–Crippen LogP) is 6.04. The second-order valence-electron chi connectivity index (χ2n) is 10.9. The Bertz CT molecular complexity index is 1050. The Morgan fingerprint density at radius 3 is 2.70 bits per heavy atom. The lowest BCUT2D eigenvalue weighted by Gasteiger charge is -2.58. The first-order valence-corrected chi connectivity index (χ1v) is 12.0. The summed E-state index contributed by atoms with van der Waals surface area (Å²) in [5, 5.41) is 3.55. The molecule has 0 bridgehead atoms. The van der Waals surface area contributed by atoms with E-state index in [0.717, 1.165) is 23.3 Å². The molecule has 0 spiro atoms. The molecule has 1 aromatic heterocycles. The molecule has 6 unspecified atom stereocenters. The van der Waals surface area contributed by atoms with Crippen LogP contribution in [0.15, 0.2) is 48.3 Å². The average Bonchev–Trinajstić information content (AvgIpc) is 3.33. The number of allylic oxidation sites excluding steroid dienone is 3. The van der Waals surface area contributed by atoms with Gasteiger partial charge >= 0.3 is 0 Å². The van der Waals surface area contributed by atoms with E-state index in [0.29, 0.717) is 11.5 Å². The summed E-state index contributed by atoms with van der Waals surface area (Å²) in [6, 6.07) is 9.27. The minimum atomic E-state index is 0.272. The van der Waals surface area contributed by atoms with Crippen molar-refractivity contribution in [1.82, 2.24) is 14.9 Å². The van der Waals surface area contributed by atoms with Gasteiger partial charge in [0, 0.05) is 17.2 Å². The molecule has 3 heteroatoms. The molecule has 0 aliphatic heterocycles. The highest BCUT2D eigenvalue weighted by atomic mass is 15.1. The zero-order chi connectivity index (χ0) is 20.5. The summed E-state index contributed by atoms with van der Waals surface area (Å²) in [5.41, 5.74) is 6.36. The van der Waals surface area contributed by atoms with Crippen LogP contribution < -0.4 is 5.32 Å². The molecular formula is C27H35N3. The van der Waals surface area contributed by atoms with E-state index in [1.807, 2.05) is 0 Å². The number of nitrogens with one attached hydrogen (secondary N) is 1. The number of para-hydroxylation sites is 2. The lowest BCUT2D eigenvalue weighted by Crippen LogP contribution is -2.51. The van der Waals surface area contributed by atoms with Crippen LogP contribution in [0.25, 0.3) is 16.7 Å². The molecule has 4 aliphatic rings. The van der Waals surface area contributed by atoms with Gasteiger partial charge in [-0.3, -0.25) is 0 Å². The average molecular weight is 402 g/mol. The third-order valence-electron chi connectivity index (χ3n) is 9.77. The highest BCUT2D eigenvalue weighted by Crippen LogP contribution is 2.65. The predicted molar refractivity (Wildman–Crippen MR) is 124 cm³/mol. The van der Waals surface area contributed by atoms with Crippen molar-refractivity contribution >= 4 is 16.7 Å². The van der Waals surface area contributed by atoms with Crippen LogP contribution in [0.4, 0.5) is 0 Å². The summed E-state index contributed by atoms with van der Waals surface area (Å²) in [7, 11) is 2.14. The van der Waals surface area contributed by atoms with Crippen LogP contribution in [-0.4, -0.2) is 22.6 Å². The lowest BCUT2D eigenvalue weighted by atomic mass is 9.47. The summed E-state index contributed by atoms with van der Waals surface area (Å²) in [5.74, 6) is 2.46. The van der Waals surface area contributed by atoms with Crippen LogP contribution in [0.2, 0.25) is 0 Å². The van der Waals surface area contributed by atoms with Gasteiger partial charge in [-0.25, -0.2) is 4.98 Å². The molecule has 0 saturated heterocycles. The van der Waals surface area contributed by atoms with E-state index in [2.05, 4.69) is 73.5 Å². The number of benzene rings is 1. The van der Waals surface area contributed by atoms with Crippen LogP contribution in [0.3, 0.4) is 0 Å². The molecule has 30 heavy (non-hydrogen) atoms. The summed E-state index contributed by atoms with van der Waals surface area (Å²) >= 11 is 0. The number of hydrogen-bond donors (Lipinski definition) is 1. The highest BCUT2D eigenvalue weighted by molar-refractivity contribution is 5.80. The van der Waals surface area contributed by atoms with Crippen molar-refractivity contribution in [2.45, 2.75) is 64.8 Å². The van der Waals surface area contributed by atoms with Gasteiger partial charge in [0.1, 0.15) is 6.33 Å². The number of nitrogens with zero attached hydrogens (tertiary/aromatic N) is 2. The highest BCUT2D eigenvalue weighted by Gasteiger charge is 2.57. The van der Waals surface area contributed by atoms with Crippen molar-refractivity contribution < 1.29 is 0 Å². The first-order chi connectivity index (χ1) is 14.5. The third kappa shape index (κ3) is 2.45. The maximum Gasteiger partial charge on any atom is 0.100 e. The van der Waals surface area contributed by atoms with E-state index in [4.69, 9.17) is 4.98 Å².